The van der Waals surface area contributed by atoms with E-state index >= 15 is 0 Å². The van der Waals surface area contributed by atoms with Crippen LogP contribution in [0.3, 0.4) is 0 Å². The molecule has 0 amide bonds. The molecule has 1 aliphatic heterocycles. The fraction of sp³-hybridized carbons (Fsp3) is 0.289. The first-order chi connectivity index (χ1) is 22.5. The van der Waals surface area contributed by atoms with E-state index in [0.717, 1.165) is 24.0 Å². The predicted molar refractivity (Wildman–Crippen MR) is 210 cm³/mol. The number of benzene rings is 4. The topological polar surface area (TPSA) is 0 Å². The van der Waals surface area contributed by atoms with Gasteiger partial charge in [0.1, 0.15) is 0 Å². The molecule has 0 unspecified atom stereocenters. The van der Waals surface area contributed by atoms with Gasteiger partial charge in [0.2, 0.25) is 13.4 Å². The van der Waals surface area contributed by atoms with Gasteiger partial charge in [-0.05, 0) is 66.7 Å². The van der Waals surface area contributed by atoms with Crippen LogP contribution in [0.1, 0.15) is 102 Å². The second-order valence-corrected chi connectivity index (χ2v) is 14.5. The Kier molecular flexibility index (Phi) is 10.8. The Balaban J connectivity index is 1.92. The number of hydrogen-bond acceptors (Lipinski definition) is 0. The van der Waals surface area contributed by atoms with Gasteiger partial charge >= 0.3 is 0 Å². The van der Waals surface area contributed by atoms with E-state index in [0.29, 0.717) is 17.8 Å². The van der Waals surface area contributed by atoms with Gasteiger partial charge in [-0.1, -0.05) is 207 Å². The largest absolute Gasteiger partial charge is 0.242 e. The molecule has 47 heavy (non-hydrogen) atoms. The van der Waals surface area contributed by atoms with E-state index in [1.165, 1.54) is 60.6 Å². The first-order valence-electron chi connectivity index (χ1n) is 17.6. The van der Waals surface area contributed by atoms with Gasteiger partial charge in [0.15, 0.2) is 0 Å². The molecule has 0 fully saturated rings. The number of allylic oxidation sites excluding steroid dienone is 6. The molecule has 0 aliphatic carbocycles. The van der Waals surface area contributed by atoms with E-state index in [1.807, 2.05) is 0 Å². The normalized spacial score (nSPS) is 13.4. The summed E-state index contributed by atoms with van der Waals surface area (Å²) < 4.78 is 0. The van der Waals surface area contributed by atoms with E-state index in [-0.39, 0.29) is 13.4 Å². The molecule has 5 rings (SSSR count). The molecule has 0 radical (unpaired) electrons. The highest BCUT2D eigenvalue weighted by atomic mass is 14.3. The van der Waals surface area contributed by atoms with Crippen molar-refractivity contribution in [3.63, 3.8) is 0 Å². The molecule has 0 spiro atoms. The monoisotopic (exact) mass is 614 g/mol. The first kappa shape index (κ1) is 34.3. The summed E-state index contributed by atoms with van der Waals surface area (Å²) >= 11 is 0. The van der Waals surface area contributed by atoms with Crippen LogP contribution in [0.2, 0.25) is 0 Å². The Bertz CT molecular complexity index is 1720. The maximum absolute atomic E-state index is 4.76. The SMILES string of the molecule is C=C(C)C1=C(CCc2ccccc2)C(B(c2ccccc2)c2ccccc2)=C(C(=C)C)B1c1c(C(C)C)cc(C(C)C)cc1C(C)C. The van der Waals surface area contributed by atoms with Crippen molar-refractivity contribution >= 4 is 29.8 Å². The number of aryl methyl sites for hydroxylation is 1. The summed E-state index contributed by atoms with van der Waals surface area (Å²) in [6.07, 6.45) is 1.92. The van der Waals surface area contributed by atoms with Gasteiger partial charge in [0, 0.05) is 0 Å². The van der Waals surface area contributed by atoms with Gasteiger partial charge in [0.25, 0.3) is 0 Å². The van der Waals surface area contributed by atoms with Crippen molar-refractivity contribution < 1.29 is 0 Å². The Morgan fingerprint density at radius 1 is 0.596 bits per heavy atom. The molecule has 0 saturated carbocycles. The summed E-state index contributed by atoms with van der Waals surface area (Å²) in [7, 11) is 0. The molecular formula is C45H52B2. The van der Waals surface area contributed by atoms with E-state index in [9.17, 15) is 0 Å². The molecule has 0 atom stereocenters. The maximum atomic E-state index is 4.76. The van der Waals surface area contributed by atoms with Gasteiger partial charge in [-0.2, -0.15) is 0 Å². The molecule has 1 heterocycles. The van der Waals surface area contributed by atoms with Crippen molar-refractivity contribution in [2.45, 2.75) is 86.0 Å². The fourth-order valence-corrected chi connectivity index (χ4v) is 7.73. The standard InChI is InChI=1S/C45H52B2/c1-30(2)36-28-40(31(3)4)44(41(29-36)32(5)6)47-42(33(7)8)39(27-26-35-20-14-11-15-21-35)45(43(47)34(9)10)46(37-22-16-12-17-23-37)38-24-18-13-19-25-38/h11-25,28-32H,7,9,26-27H2,1-6,8,10H3. The molecule has 2 heteroatoms. The zero-order valence-corrected chi connectivity index (χ0v) is 30.0. The highest BCUT2D eigenvalue weighted by Gasteiger charge is 2.44. The van der Waals surface area contributed by atoms with Gasteiger partial charge in [0.05, 0.1) is 0 Å². The Morgan fingerprint density at radius 2 is 1.04 bits per heavy atom. The van der Waals surface area contributed by atoms with Crippen molar-refractivity contribution in [3.8, 4) is 0 Å². The van der Waals surface area contributed by atoms with E-state index in [1.54, 1.807) is 0 Å². The van der Waals surface area contributed by atoms with Crippen LogP contribution in [-0.2, 0) is 6.42 Å². The van der Waals surface area contributed by atoms with Gasteiger partial charge in [-0.3, -0.25) is 0 Å². The maximum Gasteiger partial charge on any atom is 0.242 e. The van der Waals surface area contributed by atoms with E-state index in [2.05, 4.69) is 159 Å². The van der Waals surface area contributed by atoms with Crippen LogP contribution >= 0.6 is 0 Å². The molecule has 0 nitrogen and oxygen atoms in total. The van der Waals surface area contributed by atoms with Crippen LogP contribution in [0.25, 0.3) is 0 Å². The minimum atomic E-state index is 0.0779. The average molecular weight is 615 g/mol. The molecule has 0 saturated heterocycles. The van der Waals surface area contributed by atoms with Crippen molar-refractivity contribution in [1.29, 1.82) is 0 Å². The van der Waals surface area contributed by atoms with Crippen LogP contribution in [-0.4, -0.2) is 13.4 Å². The van der Waals surface area contributed by atoms with Crippen molar-refractivity contribution in [1.82, 2.24) is 0 Å². The summed E-state index contributed by atoms with van der Waals surface area (Å²) in [6.45, 7) is 28.2. The van der Waals surface area contributed by atoms with Crippen LogP contribution in [0, 0.1) is 0 Å². The third-order valence-corrected chi connectivity index (χ3v) is 9.96. The Morgan fingerprint density at radius 3 is 1.45 bits per heavy atom. The quantitative estimate of drug-likeness (QED) is 0.139. The van der Waals surface area contributed by atoms with Crippen LogP contribution in [0.5, 0.6) is 0 Å². The zero-order chi connectivity index (χ0) is 33.8. The second-order valence-electron chi connectivity index (χ2n) is 14.5. The summed E-state index contributed by atoms with van der Waals surface area (Å²) in [5.41, 5.74) is 17.8. The second kappa shape index (κ2) is 14.8. The third kappa shape index (κ3) is 7.13. The molecule has 0 bridgehead atoms. The van der Waals surface area contributed by atoms with Gasteiger partial charge < -0.3 is 0 Å². The minimum Gasteiger partial charge on any atom is -0.0966 e. The summed E-state index contributed by atoms with van der Waals surface area (Å²) in [4.78, 5) is 0. The molecule has 1 aliphatic rings. The highest BCUT2D eigenvalue weighted by Crippen LogP contribution is 2.43. The number of rotatable bonds is 12. The van der Waals surface area contributed by atoms with Crippen molar-refractivity contribution in [2.24, 2.45) is 0 Å². The lowest BCUT2D eigenvalue weighted by atomic mass is 9.30. The highest BCUT2D eigenvalue weighted by molar-refractivity contribution is 6.97. The lowest BCUT2D eigenvalue weighted by molar-refractivity contribution is 0.812. The van der Waals surface area contributed by atoms with Gasteiger partial charge in [-0.25, -0.2) is 0 Å². The molecule has 0 N–H and O–H groups in total. The molecule has 238 valence electrons. The lowest BCUT2D eigenvalue weighted by Crippen LogP contribution is -2.46. The molecular weight excluding hydrogens is 562 g/mol. The summed E-state index contributed by atoms with van der Waals surface area (Å²) in [5.74, 6) is 1.23. The Hall–Kier alpha value is -4.03. The zero-order valence-electron chi connectivity index (χ0n) is 30.0. The predicted octanol–water partition coefficient (Wildman–Crippen LogP) is 10.1. The van der Waals surface area contributed by atoms with E-state index in [4.69, 9.17) is 13.2 Å². The van der Waals surface area contributed by atoms with Crippen LogP contribution in [0.15, 0.2) is 149 Å². The smallest absolute Gasteiger partial charge is 0.0966 e. The lowest BCUT2D eigenvalue weighted by Gasteiger charge is -2.29. The molecule has 0 aromatic heterocycles. The van der Waals surface area contributed by atoms with Crippen molar-refractivity contribution in [3.05, 3.63) is 172 Å². The summed E-state index contributed by atoms with van der Waals surface area (Å²) in [5, 5.41) is 0. The van der Waals surface area contributed by atoms with Gasteiger partial charge in [-0.15, -0.1) is 0 Å². The summed E-state index contributed by atoms with van der Waals surface area (Å²) in [6, 6.07) is 38.2. The first-order valence-corrected chi connectivity index (χ1v) is 17.6. The Labute approximate surface area is 286 Å². The minimum absolute atomic E-state index is 0.0779. The fourth-order valence-electron chi connectivity index (χ4n) is 7.73. The van der Waals surface area contributed by atoms with Crippen LogP contribution in [0.4, 0.5) is 0 Å². The average Bonchev–Trinajstić information content (AvgIpc) is 3.39. The molecule has 4 aromatic rings. The molecule has 4 aromatic carbocycles. The third-order valence-electron chi connectivity index (χ3n) is 9.96. The van der Waals surface area contributed by atoms with Crippen LogP contribution < -0.4 is 16.4 Å². The van der Waals surface area contributed by atoms with Crippen molar-refractivity contribution in [2.75, 3.05) is 0 Å². The van der Waals surface area contributed by atoms with E-state index < -0.39 is 0 Å². The number of hydrogen-bond donors (Lipinski definition) is 0.